The molecule has 0 unspecified atom stereocenters. The minimum atomic E-state index is -1.42. The van der Waals surface area contributed by atoms with Crippen molar-refractivity contribution >= 4 is 81.6 Å². The van der Waals surface area contributed by atoms with Crippen molar-refractivity contribution in [3.8, 4) is 23.0 Å². The number of allylic oxidation sites excluding steroid dienone is 2. The van der Waals surface area contributed by atoms with Crippen molar-refractivity contribution in [2.24, 2.45) is 5.92 Å². The molecule has 0 aliphatic heterocycles. The molecule has 0 fully saturated rings. The van der Waals surface area contributed by atoms with E-state index in [9.17, 15) is 0 Å². The number of rotatable bonds is 8. The Labute approximate surface area is 390 Å². The minimum absolute atomic E-state index is 0. The molecule has 4 heteroatoms. The Morgan fingerprint density at radius 2 is 0.887 bits per heavy atom. The van der Waals surface area contributed by atoms with Crippen LogP contribution in [0.15, 0.2) is 192 Å². The van der Waals surface area contributed by atoms with Gasteiger partial charge >= 0.3 is 0 Å². The summed E-state index contributed by atoms with van der Waals surface area (Å²) in [6.07, 6.45) is 0. The predicted molar refractivity (Wildman–Crippen MR) is 274 cm³/mol. The second-order valence-electron chi connectivity index (χ2n) is 16.2. The largest absolute Gasteiger partial charge is 0.147 e. The van der Waals surface area contributed by atoms with Crippen LogP contribution in [0.3, 0.4) is 0 Å². The van der Waals surface area contributed by atoms with Crippen LogP contribution >= 0.6 is 28.3 Å². The molecule has 0 nitrogen and oxygen atoms in total. The molecule has 1 aliphatic carbocycles. The van der Waals surface area contributed by atoms with Gasteiger partial charge in [0.2, 0.25) is 0 Å². The monoisotopic (exact) mass is 947 g/mol. The first-order chi connectivity index (χ1) is 29.1. The van der Waals surface area contributed by atoms with Crippen molar-refractivity contribution in [1.29, 1.82) is 0 Å². The third-order valence-electron chi connectivity index (χ3n) is 11.2. The molecular weight excluding hydrogens is 895 g/mol. The van der Waals surface area contributed by atoms with E-state index in [0.29, 0.717) is 5.92 Å². The van der Waals surface area contributed by atoms with Crippen LogP contribution in [0.2, 0.25) is 0 Å². The first-order valence-corrected chi connectivity index (χ1v) is 23.7. The van der Waals surface area contributed by atoms with Gasteiger partial charge in [0.1, 0.15) is 15.9 Å². The molecule has 0 heterocycles. The van der Waals surface area contributed by atoms with Gasteiger partial charge in [-0.3, -0.25) is 0 Å². The van der Waals surface area contributed by atoms with E-state index in [1.54, 1.807) is 0 Å². The number of benzene rings is 8. The van der Waals surface area contributed by atoms with Crippen LogP contribution in [0.25, 0.3) is 32.7 Å². The van der Waals surface area contributed by atoms with E-state index in [1.165, 1.54) is 86.8 Å². The summed E-state index contributed by atoms with van der Waals surface area (Å²) in [5, 5.41) is 13.5. The summed E-state index contributed by atoms with van der Waals surface area (Å²) < 4.78 is 0. The van der Waals surface area contributed by atoms with Gasteiger partial charge in [-0.2, -0.15) is 0 Å². The van der Waals surface area contributed by atoms with Gasteiger partial charge in [0, 0.05) is 36.2 Å². The standard InChI is InChI=1S/C48H40P2.C10H10.ClH.Ru/c1-33-13-23-39(24-14-33)49(40-25-15-34(2)16-26-40)45-31-21-37-9-5-7-11-43(37)47(45)48-44-12-8-6-10-38(44)22-32-46(48)50(41-27-17-35(3)18-28-41)42-29-19-36(4)20-30-42;1-8(2)10-6-4-9(3)5-7-10;;/h5-32H,1-4H3;8H,1-3H3;1H;/p+1. The third kappa shape index (κ3) is 10.2. The van der Waals surface area contributed by atoms with Crippen LogP contribution in [0.1, 0.15) is 43.0 Å². The number of aryl methyl sites for hydroxylation is 4. The van der Waals surface area contributed by atoms with Crippen LogP contribution in [0, 0.1) is 45.5 Å². The van der Waals surface area contributed by atoms with E-state index in [2.05, 4.69) is 235 Å². The SMILES string of the molecule is CC1=C=C=C(C(C)C)C#C1.Cc1ccc(P(c2ccc(C)cc2)c2ccc3ccccc3c2-c2c([PH+](c3ccc(C)cc3)c3ccc(C)cc3)ccc3ccccc23)cc1.Cl.[Ru]. The normalized spacial score (nSPS) is 11.6. The van der Waals surface area contributed by atoms with Crippen molar-refractivity contribution < 1.29 is 19.5 Å². The molecule has 308 valence electrons. The Hall–Kier alpha value is -5.09. The van der Waals surface area contributed by atoms with Crippen molar-refractivity contribution in [2.45, 2.75) is 48.5 Å². The molecule has 0 N–H and O–H groups in total. The van der Waals surface area contributed by atoms with Crippen molar-refractivity contribution in [1.82, 2.24) is 0 Å². The van der Waals surface area contributed by atoms with Gasteiger partial charge in [-0.25, -0.2) is 0 Å². The smallest absolute Gasteiger partial charge is 0.110 e. The quantitative estimate of drug-likeness (QED) is 0.0616. The van der Waals surface area contributed by atoms with Gasteiger partial charge in [0.15, 0.2) is 0 Å². The van der Waals surface area contributed by atoms with Gasteiger partial charge < -0.3 is 0 Å². The zero-order valence-electron chi connectivity index (χ0n) is 36.5. The molecule has 0 spiro atoms. The van der Waals surface area contributed by atoms with E-state index < -0.39 is 15.8 Å². The van der Waals surface area contributed by atoms with Crippen molar-refractivity contribution in [3.05, 3.63) is 215 Å². The summed E-state index contributed by atoms with van der Waals surface area (Å²) in [5.74, 6) is 6.47. The van der Waals surface area contributed by atoms with Crippen LogP contribution in [0.5, 0.6) is 0 Å². The second-order valence-corrected chi connectivity index (χ2v) is 20.8. The maximum absolute atomic E-state index is 3.02. The molecule has 62 heavy (non-hydrogen) atoms. The third-order valence-corrected chi connectivity index (χ3v) is 16.5. The molecule has 0 radical (unpaired) electrons. The van der Waals surface area contributed by atoms with Gasteiger partial charge in [0.25, 0.3) is 0 Å². The zero-order chi connectivity index (χ0) is 41.8. The van der Waals surface area contributed by atoms with Gasteiger partial charge in [-0.15, -0.1) is 12.4 Å². The molecule has 9 rings (SSSR count). The summed E-state index contributed by atoms with van der Waals surface area (Å²) in [6, 6.07) is 64.8. The van der Waals surface area contributed by atoms with Crippen LogP contribution in [-0.2, 0) is 19.5 Å². The molecule has 8 aromatic rings. The second kappa shape index (κ2) is 20.9. The van der Waals surface area contributed by atoms with Crippen molar-refractivity contribution in [3.63, 3.8) is 0 Å². The molecular formula is C58H52ClP2Ru+. The van der Waals surface area contributed by atoms with E-state index in [-0.39, 0.29) is 31.9 Å². The van der Waals surface area contributed by atoms with Gasteiger partial charge in [-0.05, 0) is 116 Å². The van der Waals surface area contributed by atoms with E-state index >= 15 is 0 Å². The maximum Gasteiger partial charge on any atom is 0.110 e. The Balaban J connectivity index is 0.000000473. The number of hydrogen-bond donors (Lipinski definition) is 0. The number of hydrogen-bond acceptors (Lipinski definition) is 0. The molecule has 8 aromatic carbocycles. The molecule has 0 atom stereocenters. The van der Waals surface area contributed by atoms with E-state index in [0.717, 1.165) is 11.1 Å². The topological polar surface area (TPSA) is 0 Å². The summed E-state index contributed by atoms with van der Waals surface area (Å²) in [6.45, 7) is 14.9. The van der Waals surface area contributed by atoms with Crippen LogP contribution < -0.4 is 31.8 Å². The Bertz CT molecular complexity index is 2740. The molecule has 1 aliphatic rings. The van der Waals surface area contributed by atoms with E-state index in [4.69, 9.17) is 0 Å². The van der Waals surface area contributed by atoms with Gasteiger partial charge in [-0.1, -0.05) is 199 Å². The molecule has 0 bridgehead atoms. The van der Waals surface area contributed by atoms with Crippen LogP contribution in [-0.4, -0.2) is 0 Å². The maximum atomic E-state index is 3.02. The Morgan fingerprint density at radius 1 is 0.452 bits per heavy atom. The molecule has 0 aromatic heterocycles. The summed E-state index contributed by atoms with van der Waals surface area (Å²) >= 11 is 0. The number of fused-ring (bicyclic) bond motifs is 2. The first-order valence-electron chi connectivity index (χ1n) is 20.9. The fraction of sp³-hybridized carbons (Fsp3) is 0.138. The van der Waals surface area contributed by atoms with E-state index in [1.807, 2.05) is 6.92 Å². The first kappa shape index (κ1) is 46.4. The minimum Gasteiger partial charge on any atom is -0.147 e. The van der Waals surface area contributed by atoms with Crippen LogP contribution in [0.4, 0.5) is 0 Å². The predicted octanol–water partition coefficient (Wildman–Crippen LogP) is 12.8. The van der Waals surface area contributed by atoms with Gasteiger partial charge in [0.05, 0.1) is 13.5 Å². The molecule has 0 amide bonds. The average Bonchev–Trinajstić information content (AvgIpc) is 3.27. The fourth-order valence-electron chi connectivity index (χ4n) is 7.86. The van der Waals surface area contributed by atoms with Crippen molar-refractivity contribution in [2.75, 3.05) is 0 Å². The summed E-state index contributed by atoms with van der Waals surface area (Å²) in [5.41, 5.74) is 15.9. The fourth-order valence-corrected chi connectivity index (χ4v) is 13.0. The average molecular weight is 948 g/mol. The Morgan fingerprint density at radius 3 is 1.34 bits per heavy atom. The molecule has 0 saturated carbocycles. The zero-order valence-corrected chi connectivity index (χ0v) is 40.9. The summed E-state index contributed by atoms with van der Waals surface area (Å²) in [7, 11) is -2.30. The summed E-state index contributed by atoms with van der Waals surface area (Å²) in [4.78, 5) is 0. The number of halogens is 1. The Kier molecular flexibility index (Phi) is 15.6. The molecule has 0 saturated heterocycles.